The number of ether oxygens (including phenoxy) is 1. The fourth-order valence-corrected chi connectivity index (χ4v) is 5.57. The Morgan fingerprint density at radius 1 is 1.30 bits per heavy atom. The number of carbonyl (C=O) groups is 1. The SMILES string of the molecule is CCOC(=O)c1ccc2nc(N=Nc3cc4c(cc3S(=O)(=O)O)N(CCBr)CCC4)sc2c1. The van der Waals surface area contributed by atoms with E-state index in [4.69, 9.17) is 4.74 Å². The lowest BCUT2D eigenvalue weighted by Crippen LogP contribution is -2.31. The van der Waals surface area contributed by atoms with E-state index in [1.54, 1.807) is 31.2 Å². The Morgan fingerprint density at radius 2 is 2.12 bits per heavy atom. The summed E-state index contributed by atoms with van der Waals surface area (Å²) in [5.74, 6) is -0.420. The fraction of sp³-hybridized carbons (Fsp3) is 0.333. The third-order valence-electron chi connectivity index (χ3n) is 5.14. The monoisotopic (exact) mass is 552 g/mol. The van der Waals surface area contributed by atoms with Crippen molar-refractivity contribution in [3.05, 3.63) is 41.5 Å². The maximum atomic E-state index is 12.1. The van der Waals surface area contributed by atoms with Gasteiger partial charge >= 0.3 is 5.97 Å². The molecule has 2 aromatic carbocycles. The van der Waals surface area contributed by atoms with Gasteiger partial charge in [-0.05, 0) is 55.7 Å². The van der Waals surface area contributed by atoms with Crippen LogP contribution in [0.3, 0.4) is 0 Å². The maximum Gasteiger partial charge on any atom is 0.338 e. The average molecular weight is 553 g/mol. The van der Waals surface area contributed by atoms with Crippen LogP contribution in [0.25, 0.3) is 10.2 Å². The number of halogens is 1. The van der Waals surface area contributed by atoms with Crippen molar-refractivity contribution >= 4 is 70.1 Å². The van der Waals surface area contributed by atoms with Crippen molar-refractivity contribution in [3.8, 4) is 0 Å². The van der Waals surface area contributed by atoms with E-state index in [2.05, 4.69) is 36.0 Å². The Hall–Kier alpha value is -2.41. The van der Waals surface area contributed by atoms with Gasteiger partial charge in [-0.25, -0.2) is 9.78 Å². The van der Waals surface area contributed by atoms with E-state index in [-0.39, 0.29) is 17.2 Å². The topological polar surface area (TPSA) is 122 Å². The Labute approximate surface area is 203 Å². The number of thiazole rings is 1. The molecule has 4 rings (SSSR count). The number of alkyl halides is 1. The molecule has 1 aromatic heterocycles. The predicted molar refractivity (Wildman–Crippen MR) is 130 cm³/mol. The van der Waals surface area contributed by atoms with Crippen molar-refractivity contribution in [1.29, 1.82) is 0 Å². The van der Waals surface area contributed by atoms with Crippen LogP contribution in [0.5, 0.6) is 0 Å². The summed E-state index contributed by atoms with van der Waals surface area (Å²) < 4.78 is 39.7. The molecule has 0 aliphatic carbocycles. The molecule has 2 heterocycles. The molecule has 0 amide bonds. The fourth-order valence-electron chi connectivity index (χ4n) is 3.69. The summed E-state index contributed by atoms with van der Waals surface area (Å²) in [5.41, 5.74) is 2.83. The summed E-state index contributed by atoms with van der Waals surface area (Å²) in [7, 11) is -4.52. The normalized spacial score (nSPS) is 14.1. The minimum atomic E-state index is -4.52. The van der Waals surface area contributed by atoms with Gasteiger partial charge in [0.15, 0.2) is 0 Å². The van der Waals surface area contributed by atoms with Gasteiger partial charge in [-0.2, -0.15) is 8.42 Å². The second-order valence-corrected chi connectivity index (χ2v) is 10.5. The van der Waals surface area contributed by atoms with Crippen molar-refractivity contribution in [1.82, 2.24) is 4.98 Å². The first kappa shape index (κ1) is 23.7. The van der Waals surface area contributed by atoms with Crippen LogP contribution in [0.4, 0.5) is 16.5 Å². The molecule has 1 aliphatic rings. The van der Waals surface area contributed by atoms with E-state index >= 15 is 0 Å². The first-order valence-electron chi connectivity index (χ1n) is 10.2. The zero-order chi connectivity index (χ0) is 23.6. The number of carbonyl (C=O) groups excluding carboxylic acids is 1. The number of benzene rings is 2. The van der Waals surface area contributed by atoms with Crippen molar-refractivity contribution in [2.45, 2.75) is 24.7 Å². The lowest BCUT2D eigenvalue weighted by Gasteiger charge is -2.31. The minimum absolute atomic E-state index is 0.0587. The van der Waals surface area contributed by atoms with Crippen LogP contribution in [-0.4, -0.2) is 49.0 Å². The first-order valence-corrected chi connectivity index (χ1v) is 13.6. The highest BCUT2D eigenvalue weighted by molar-refractivity contribution is 9.09. The van der Waals surface area contributed by atoms with E-state index in [1.807, 2.05) is 0 Å². The molecule has 0 spiro atoms. The van der Waals surface area contributed by atoms with E-state index in [1.165, 1.54) is 17.4 Å². The molecule has 0 unspecified atom stereocenters. The average Bonchev–Trinajstić information content (AvgIpc) is 3.19. The summed E-state index contributed by atoms with van der Waals surface area (Å²) in [6.07, 6.45) is 1.71. The first-order chi connectivity index (χ1) is 15.8. The van der Waals surface area contributed by atoms with Crippen LogP contribution in [-0.2, 0) is 21.3 Å². The Balaban J connectivity index is 1.70. The zero-order valence-corrected chi connectivity index (χ0v) is 20.9. The number of azo groups is 1. The molecule has 9 nitrogen and oxygen atoms in total. The highest BCUT2D eigenvalue weighted by Gasteiger charge is 2.24. The number of nitrogens with zero attached hydrogens (tertiary/aromatic N) is 4. The van der Waals surface area contributed by atoms with E-state index in [9.17, 15) is 17.8 Å². The minimum Gasteiger partial charge on any atom is -0.462 e. The molecule has 0 saturated carbocycles. The molecule has 33 heavy (non-hydrogen) atoms. The van der Waals surface area contributed by atoms with Gasteiger partial charge in [0.1, 0.15) is 10.6 Å². The third kappa shape index (κ3) is 5.24. The summed E-state index contributed by atoms with van der Waals surface area (Å²) in [6, 6.07) is 8.11. The zero-order valence-electron chi connectivity index (χ0n) is 17.7. The van der Waals surface area contributed by atoms with Crippen LogP contribution >= 0.6 is 27.3 Å². The number of aryl methyl sites for hydroxylation is 1. The molecular weight excluding hydrogens is 532 g/mol. The molecule has 0 radical (unpaired) electrons. The molecule has 1 aliphatic heterocycles. The van der Waals surface area contributed by atoms with Crippen LogP contribution in [0.15, 0.2) is 45.5 Å². The number of esters is 1. The van der Waals surface area contributed by atoms with Gasteiger partial charge in [-0.15, -0.1) is 10.2 Å². The summed E-state index contributed by atoms with van der Waals surface area (Å²) in [5, 5.41) is 9.28. The Morgan fingerprint density at radius 3 is 2.85 bits per heavy atom. The van der Waals surface area contributed by atoms with E-state index in [0.717, 1.165) is 47.2 Å². The van der Waals surface area contributed by atoms with Crippen molar-refractivity contribution in [2.24, 2.45) is 10.2 Å². The molecule has 12 heteroatoms. The number of hydrogen-bond acceptors (Lipinski definition) is 9. The molecule has 3 aromatic rings. The third-order valence-corrected chi connectivity index (χ3v) is 7.28. The number of hydrogen-bond donors (Lipinski definition) is 1. The van der Waals surface area contributed by atoms with Crippen molar-refractivity contribution < 1.29 is 22.5 Å². The molecule has 0 bridgehead atoms. The van der Waals surface area contributed by atoms with Gasteiger partial charge in [0, 0.05) is 24.1 Å². The molecule has 1 N–H and O–H groups in total. The Kier molecular flexibility index (Phi) is 7.07. The molecule has 0 fully saturated rings. The number of rotatable bonds is 7. The van der Waals surface area contributed by atoms with Crippen molar-refractivity contribution in [3.63, 3.8) is 0 Å². The second kappa shape index (κ2) is 9.84. The molecule has 174 valence electrons. The number of anilines is 1. The quantitative estimate of drug-likeness (QED) is 0.183. The van der Waals surface area contributed by atoms with Gasteiger partial charge in [0.25, 0.3) is 10.1 Å². The van der Waals surface area contributed by atoms with Crippen molar-refractivity contribution in [2.75, 3.05) is 29.9 Å². The number of aromatic nitrogens is 1. The second-order valence-electron chi connectivity index (χ2n) is 7.30. The van der Waals surface area contributed by atoms with Crippen LogP contribution in [0.2, 0.25) is 0 Å². The highest BCUT2D eigenvalue weighted by atomic mass is 79.9. The van der Waals surface area contributed by atoms with Crippen LogP contribution in [0, 0.1) is 0 Å². The predicted octanol–water partition coefficient (Wildman–Crippen LogP) is 5.28. The van der Waals surface area contributed by atoms with Crippen LogP contribution in [0.1, 0.15) is 29.3 Å². The smallest absolute Gasteiger partial charge is 0.338 e. The largest absolute Gasteiger partial charge is 0.462 e. The van der Waals surface area contributed by atoms with Gasteiger partial charge in [0.2, 0.25) is 5.13 Å². The van der Waals surface area contributed by atoms with Gasteiger partial charge in [-0.1, -0.05) is 27.3 Å². The highest BCUT2D eigenvalue weighted by Crippen LogP contribution is 2.37. The summed E-state index contributed by atoms with van der Waals surface area (Å²) in [4.78, 5) is 18.1. The lowest BCUT2D eigenvalue weighted by molar-refractivity contribution is 0.0526. The summed E-state index contributed by atoms with van der Waals surface area (Å²) >= 11 is 4.63. The number of fused-ring (bicyclic) bond motifs is 2. The Bertz CT molecular complexity index is 1340. The molecular formula is C21H21BrN4O5S2. The van der Waals surface area contributed by atoms with Gasteiger partial charge in [0.05, 0.1) is 22.4 Å². The maximum absolute atomic E-state index is 12.1. The van der Waals surface area contributed by atoms with E-state index in [0.29, 0.717) is 16.2 Å². The van der Waals surface area contributed by atoms with Gasteiger partial charge in [-0.3, -0.25) is 4.55 Å². The molecule has 0 saturated heterocycles. The lowest BCUT2D eigenvalue weighted by atomic mass is 10.0. The molecule has 0 atom stereocenters. The van der Waals surface area contributed by atoms with E-state index < -0.39 is 16.1 Å². The standard InChI is InChI=1S/C21H21BrN4O5S2/c1-2-31-20(27)14-5-6-15-18(11-14)32-21(23-15)25-24-16-10-13-4-3-8-26(9-7-22)17(13)12-19(16)33(28,29)30/h5-6,10-12H,2-4,7-9H2,1H3,(H,28,29,30). The summed E-state index contributed by atoms with van der Waals surface area (Å²) in [6.45, 7) is 3.55. The van der Waals surface area contributed by atoms with Crippen LogP contribution < -0.4 is 4.90 Å². The van der Waals surface area contributed by atoms with Gasteiger partial charge < -0.3 is 9.64 Å².